The van der Waals surface area contributed by atoms with Crippen molar-refractivity contribution in [2.75, 3.05) is 38.1 Å². The number of piperazine rings is 1. The van der Waals surface area contributed by atoms with E-state index in [1.807, 2.05) is 35.2 Å². The molecule has 2 fully saturated rings. The minimum absolute atomic E-state index is 0.0576. The lowest BCUT2D eigenvalue weighted by Crippen LogP contribution is -2.64. The second-order valence-electron chi connectivity index (χ2n) is 7.59. The number of hydrogen-bond donors (Lipinski definition) is 0. The van der Waals surface area contributed by atoms with Crippen molar-refractivity contribution < 1.29 is 22.0 Å². The molecule has 1 spiro atoms. The van der Waals surface area contributed by atoms with Crippen molar-refractivity contribution in [2.45, 2.75) is 16.9 Å². The van der Waals surface area contributed by atoms with Gasteiger partial charge in [0.2, 0.25) is 15.9 Å². The first-order valence-corrected chi connectivity index (χ1v) is 10.7. The highest BCUT2D eigenvalue weighted by molar-refractivity contribution is 7.89. The maximum absolute atomic E-state index is 13.6. The van der Waals surface area contributed by atoms with E-state index in [1.54, 1.807) is 11.9 Å². The fourth-order valence-electron chi connectivity index (χ4n) is 4.09. The maximum atomic E-state index is 13.6. The smallest absolute Gasteiger partial charge is 0.243 e. The number of carbonyl (C=O) groups is 1. The van der Waals surface area contributed by atoms with Crippen LogP contribution in [0.4, 0.5) is 14.5 Å². The van der Waals surface area contributed by atoms with Gasteiger partial charge in [-0.25, -0.2) is 17.2 Å². The van der Waals surface area contributed by atoms with Gasteiger partial charge >= 0.3 is 0 Å². The van der Waals surface area contributed by atoms with E-state index in [1.165, 1.54) is 4.31 Å². The summed E-state index contributed by atoms with van der Waals surface area (Å²) in [6.07, 6.45) is 0.511. The molecule has 154 valence electrons. The Kier molecular flexibility index (Phi) is 4.92. The van der Waals surface area contributed by atoms with E-state index in [0.29, 0.717) is 19.0 Å². The molecule has 1 amide bonds. The molecule has 9 heteroatoms. The molecule has 2 saturated heterocycles. The number of nitrogens with zero attached hydrogens (tertiary/aromatic N) is 3. The van der Waals surface area contributed by atoms with Crippen LogP contribution in [0, 0.1) is 11.6 Å². The van der Waals surface area contributed by atoms with Gasteiger partial charge in [-0.2, -0.15) is 4.31 Å². The Hall–Kier alpha value is -2.36. The minimum Gasteiger partial charge on any atom is -0.309 e. The summed E-state index contributed by atoms with van der Waals surface area (Å²) in [5.74, 6) is -1.93. The fourth-order valence-corrected chi connectivity index (χ4v) is 5.66. The van der Waals surface area contributed by atoms with E-state index in [-0.39, 0.29) is 25.5 Å². The number of anilines is 1. The zero-order chi connectivity index (χ0) is 20.8. The Bertz CT molecular complexity index is 1030. The third-order valence-electron chi connectivity index (χ3n) is 5.77. The number of hydrogen-bond acceptors (Lipinski definition) is 4. The molecule has 0 aromatic heterocycles. The monoisotopic (exact) mass is 421 g/mol. The Morgan fingerprint density at radius 3 is 2.31 bits per heavy atom. The first kappa shape index (κ1) is 19.9. The van der Waals surface area contributed by atoms with Crippen molar-refractivity contribution in [3.05, 3.63) is 60.2 Å². The molecule has 6 nitrogen and oxygen atoms in total. The zero-order valence-corrected chi connectivity index (χ0v) is 16.7. The summed E-state index contributed by atoms with van der Waals surface area (Å²) < 4.78 is 54.3. The van der Waals surface area contributed by atoms with Gasteiger partial charge in [0.15, 0.2) is 0 Å². The standard InChI is InChI=1S/C20H21F2N3O3S/c1-23-12-19(26)25(17-5-3-2-4-6-17)14-20(23)7-8-24(13-20)29(27,28)18-10-15(21)9-16(22)11-18/h2-6,9-11H,7-8,12-14H2,1H3. The number of carbonyl (C=O) groups excluding carboxylic acids is 1. The summed E-state index contributed by atoms with van der Waals surface area (Å²) in [7, 11) is -2.25. The van der Waals surface area contributed by atoms with E-state index in [9.17, 15) is 22.0 Å². The molecular weight excluding hydrogens is 400 g/mol. The number of para-hydroxylation sites is 1. The van der Waals surface area contributed by atoms with Crippen LogP contribution >= 0.6 is 0 Å². The number of sulfonamides is 1. The van der Waals surface area contributed by atoms with Crippen LogP contribution in [0.3, 0.4) is 0 Å². The minimum atomic E-state index is -4.05. The van der Waals surface area contributed by atoms with Gasteiger partial charge in [-0.15, -0.1) is 0 Å². The maximum Gasteiger partial charge on any atom is 0.243 e. The Morgan fingerprint density at radius 1 is 1.00 bits per heavy atom. The lowest BCUT2D eigenvalue weighted by atomic mass is 9.92. The number of likely N-dealkylation sites (N-methyl/N-ethyl adjacent to an activating group) is 1. The van der Waals surface area contributed by atoms with E-state index in [0.717, 1.165) is 17.8 Å². The molecule has 2 aromatic carbocycles. The first-order valence-electron chi connectivity index (χ1n) is 9.24. The average molecular weight is 421 g/mol. The van der Waals surface area contributed by atoms with Crippen LogP contribution in [0.1, 0.15) is 6.42 Å². The van der Waals surface area contributed by atoms with Crippen LogP contribution in [-0.4, -0.2) is 62.3 Å². The van der Waals surface area contributed by atoms with E-state index < -0.39 is 32.1 Å². The van der Waals surface area contributed by atoms with Crippen LogP contribution in [0.5, 0.6) is 0 Å². The molecule has 2 aliphatic rings. The van der Waals surface area contributed by atoms with E-state index in [2.05, 4.69) is 0 Å². The summed E-state index contributed by atoms with van der Waals surface area (Å²) in [5.41, 5.74) is 0.196. The van der Waals surface area contributed by atoms with Crippen LogP contribution in [0.25, 0.3) is 0 Å². The topological polar surface area (TPSA) is 60.9 Å². The van der Waals surface area contributed by atoms with Crippen molar-refractivity contribution in [3.63, 3.8) is 0 Å². The molecule has 0 N–H and O–H groups in total. The third-order valence-corrected chi connectivity index (χ3v) is 7.60. The van der Waals surface area contributed by atoms with Gasteiger partial charge in [-0.3, -0.25) is 9.69 Å². The molecule has 2 aromatic rings. The molecule has 2 aliphatic heterocycles. The predicted molar refractivity (Wildman–Crippen MR) is 104 cm³/mol. The Labute approximate surface area is 168 Å². The molecule has 2 heterocycles. The zero-order valence-electron chi connectivity index (χ0n) is 15.9. The van der Waals surface area contributed by atoms with Gasteiger partial charge in [0.1, 0.15) is 11.6 Å². The molecule has 0 radical (unpaired) electrons. The normalized spacial score (nSPS) is 23.8. The number of halogens is 2. The molecule has 29 heavy (non-hydrogen) atoms. The summed E-state index contributed by atoms with van der Waals surface area (Å²) in [5, 5.41) is 0. The van der Waals surface area contributed by atoms with Crippen molar-refractivity contribution >= 4 is 21.6 Å². The van der Waals surface area contributed by atoms with Gasteiger partial charge in [-0.1, -0.05) is 18.2 Å². The average Bonchev–Trinajstić information content (AvgIpc) is 3.11. The van der Waals surface area contributed by atoms with Gasteiger partial charge < -0.3 is 4.90 Å². The SMILES string of the molecule is CN1CC(=O)N(c2ccccc2)CC12CCN(S(=O)(=O)c1cc(F)cc(F)c1)C2. The Morgan fingerprint density at radius 2 is 1.66 bits per heavy atom. The molecule has 4 rings (SSSR count). The highest BCUT2D eigenvalue weighted by Gasteiger charge is 2.50. The van der Waals surface area contributed by atoms with E-state index in [4.69, 9.17) is 0 Å². The van der Waals surface area contributed by atoms with Crippen molar-refractivity contribution in [1.29, 1.82) is 0 Å². The quantitative estimate of drug-likeness (QED) is 0.762. The van der Waals surface area contributed by atoms with Crippen LogP contribution in [0.15, 0.2) is 53.4 Å². The molecule has 1 unspecified atom stereocenters. The van der Waals surface area contributed by atoms with Gasteiger partial charge in [-0.05, 0) is 37.7 Å². The van der Waals surface area contributed by atoms with Crippen molar-refractivity contribution in [3.8, 4) is 0 Å². The molecule has 0 saturated carbocycles. The van der Waals surface area contributed by atoms with Crippen LogP contribution < -0.4 is 4.90 Å². The van der Waals surface area contributed by atoms with Gasteiger partial charge in [0, 0.05) is 31.4 Å². The third kappa shape index (κ3) is 3.54. The lowest BCUT2D eigenvalue weighted by molar-refractivity contribution is -0.123. The first-order chi connectivity index (χ1) is 13.7. The van der Waals surface area contributed by atoms with Crippen LogP contribution in [0.2, 0.25) is 0 Å². The number of benzene rings is 2. The fraction of sp³-hybridized carbons (Fsp3) is 0.350. The lowest BCUT2D eigenvalue weighted by Gasteiger charge is -2.46. The van der Waals surface area contributed by atoms with Gasteiger partial charge in [0.05, 0.1) is 17.0 Å². The molecule has 0 bridgehead atoms. The van der Waals surface area contributed by atoms with Crippen molar-refractivity contribution in [1.82, 2.24) is 9.21 Å². The highest BCUT2D eigenvalue weighted by Crippen LogP contribution is 2.35. The Balaban J connectivity index is 1.62. The number of amides is 1. The molecule has 0 aliphatic carbocycles. The second-order valence-corrected chi connectivity index (χ2v) is 9.53. The molecule has 1 atom stereocenters. The van der Waals surface area contributed by atoms with Crippen LogP contribution in [-0.2, 0) is 14.8 Å². The summed E-state index contributed by atoms with van der Waals surface area (Å²) in [4.78, 5) is 15.8. The predicted octanol–water partition coefficient (Wildman–Crippen LogP) is 2.08. The highest BCUT2D eigenvalue weighted by atomic mass is 32.2. The molecular formula is C20H21F2N3O3S. The van der Waals surface area contributed by atoms with Gasteiger partial charge in [0.25, 0.3) is 0 Å². The summed E-state index contributed by atoms with van der Waals surface area (Å²) >= 11 is 0. The number of rotatable bonds is 3. The summed E-state index contributed by atoms with van der Waals surface area (Å²) in [6.45, 7) is 0.857. The van der Waals surface area contributed by atoms with E-state index >= 15 is 0 Å². The second kappa shape index (κ2) is 7.16. The van der Waals surface area contributed by atoms with Crippen molar-refractivity contribution in [2.24, 2.45) is 0 Å². The largest absolute Gasteiger partial charge is 0.309 e. The summed E-state index contributed by atoms with van der Waals surface area (Å²) in [6, 6.07) is 11.5.